The number of aromatic carboxylic acids is 1. The molecule has 0 saturated carbocycles. The highest BCUT2D eigenvalue weighted by Crippen LogP contribution is 2.07. The summed E-state index contributed by atoms with van der Waals surface area (Å²) in [6, 6.07) is 0. The number of hydrogen-bond donors (Lipinski definition) is 2. The van der Waals surface area contributed by atoms with Gasteiger partial charge in [0.05, 0.1) is 0 Å². The van der Waals surface area contributed by atoms with E-state index in [1.54, 1.807) is 6.92 Å². The van der Waals surface area contributed by atoms with Crippen molar-refractivity contribution in [3.05, 3.63) is 27.9 Å². The van der Waals surface area contributed by atoms with E-state index < -0.39 is 11.5 Å². The summed E-state index contributed by atoms with van der Waals surface area (Å²) in [5, 5.41) is 8.56. The molecule has 0 radical (unpaired) electrons. The van der Waals surface area contributed by atoms with E-state index in [2.05, 4.69) is 9.97 Å². The van der Waals surface area contributed by atoms with E-state index >= 15 is 0 Å². The maximum Gasteiger partial charge on any atom is 0.342 e. The molecule has 6 heteroatoms. The standard InChI is InChI=1S/C8H10N2O4/c1-4(14-2)6-9-3-5(8(12)13)7(11)10-6/h3-4H,1-2H3,(H,12,13)(H,9,10,11). The van der Waals surface area contributed by atoms with Crippen molar-refractivity contribution in [2.24, 2.45) is 0 Å². The monoisotopic (exact) mass is 198 g/mol. The first-order chi connectivity index (χ1) is 6.56. The van der Waals surface area contributed by atoms with Crippen molar-refractivity contribution in [1.82, 2.24) is 9.97 Å². The molecule has 0 aliphatic heterocycles. The molecule has 1 heterocycles. The van der Waals surface area contributed by atoms with E-state index in [1.165, 1.54) is 7.11 Å². The van der Waals surface area contributed by atoms with Crippen molar-refractivity contribution in [3.8, 4) is 0 Å². The van der Waals surface area contributed by atoms with Crippen LogP contribution in [0.2, 0.25) is 0 Å². The molecule has 0 aromatic carbocycles. The lowest BCUT2D eigenvalue weighted by atomic mass is 10.3. The number of carbonyl (C=O) groups is 1. The number of aromatic nitrogens is 2. The second kappa shape index (κ2) is 4.01. The van der Waals surface area contributed by atoms with E-state index in [0.717, 1.165) is 6.20 Å². The van der Waals surface area contributed by atoms with E-state index in [4.69, 9.17) is 9.84 Å². The van der Waals surface area contributed by atoms with Crippen LogP contribution < -0.4 is 5.56 Å². The third-order valence-corrected chi connectivity index (χ3v) is 1.79. The highest BCUT2D eigenvalue weighted by atomic mass is 16.5. The van der Waals surface area contributed by atoms with Gasteiger partial charge in [0, 0.05) is 13.3 Å². The summed E-state index contributed by atoms with van der Waals surface area (Å²) >= 11 is 0. The van der Waals surface area contributed by atoms with Gasteiger partial charge in [0.15, 0.2) is 0 Å². The molecule has 0 bridgehead atoms. The average molecular weight is 198 g/mol. The van der Waals surface area contributed by atoms with Crippen LogP contribution in [0.25, 0.3) is 0 Å². The minimum atomic E-state index is -1.30. The Balaban J connectivity index is 3.13. The molecule has 1 unspecified atom stereocenters. The number of nitrogens with zero attached hydrogens (tertiary/aromatic N) is 1. The molecule has 14 heavy (non-hydrogen) atoms. The fourth-order valence-corrected chi connectivity index (χ4v) is 0.879. The summed E-state index contributed by atoms with van der Waals surface area (Å²) in [6.07, 6.45) is 0.650. The van der Waals surface area contributed by atoms with E-state index in [1.807, 2.05) is 0 Å². The largest absolute Gasteiger partial charge is 0.477 e. The van der Waals surface area contributed by atoms with Crippen LogP contribution in [0.3, 0.4) is 0 Å². The first kappa shape index (κ1) is 10.4. The fourth-order valence-electron chi connectivity index (χ4n) is 0.879. The van der Waals surface area contributed by atoms with Crippen LogP contribution in [0, 0.1) is 0 Å². The molecule has 1 rings (SSSR count). The Morgan fingerprint density at radius 1 is 1.71 bits per heavy atom. The predicted molar refractivity (Wildman–Crippen MR) is 47.2 cm³/mol. The molecule has 1 atom stereocenters. The number of nitrogens with one attached hydrogen (secondary N) is 1. The molecule has 6 nitrogen and oxygen atoms in total. The van der Waals surface area contributed by atoms with E-state index in [0.29, 0.717) is 5.82 Å². The molecular formula is C8H10N2O4. The summed E-state index contributed by atoms with van der Waals surface area (Å²) in [6.45, 7) is 1.69. The van der Waals surface area contributed by atoms with Gasteiger partial charge in [-0.15, -0.1) is 0 Å². The van der Waals surface area contributed by atoms with E-state index in [9.17, 15) is 9.59 Å². The topological polar surface area (TPSA) is 92.3 Å². The minimum absolute atomic E-state index is 0.308. The van der Waals surface area contributed by atoms with Crippen molar-refractivity contribution < 1.29 is 14.6 Å². The number of aromatic amines is 1. The van der Waals surface area contributed by atoms with E-state index in [-0.39, 0.29) is 11.7 Å². The molecule has 0 fully saturated rings. The molecule has 0 spiro atoms. The van der Waals surface area contributed by atoms with Gasteiger partial charge >= 0.3 is 5.97 Å². The van der Waals surface area contributed by atoms with Crippen LogP contribution in [0.15, 0.2) is 11.0 Å². The Labute approximate surface area is 79.6 Å². The van der Waals surface area contributed by atoms with Crippen molar-refractivity contribution in [1.29, 1.82) is 0 Å². The maximum absolute atomic E-state index is 11.2. The average Bonchev–Trinajstić information content (AvgIpc) is 2.15. The number of carboxylic acids is 1. The number of rotatable bonds is 3. The van der Waals surface area contributed by atoms with Gasteiger partial charge in [-0.2, -0.15) is 0 Å². The summed E-state index contributed by atoms with van der Waals surface area (Å²) in [4.78, 5) is 27.8. The first-order valence-corrected chi connectivity index (χ1v) is 3.91. The Bertz CT molecular complexity index is 399. The molecule has 1 aromatic heterocycles. The summed E-state index contributed by atoms with van der Waals surface area (Å²) in [5.74, 6) is -0.988. The molecular weight excluding hydrogens is 188 g/mol. The lowest BCUT2D eigenvalue weighted by molar-refractivity contribution is 0.0693. The van der Waals surface area contributed by atoms with Gasteiger partial charge in [-0.25, -0.2) is 9.78 Å². The van der Waals surface area contributed by atoms with Gasteiger partial charge in [0.1, 0.15) is 17.5 Å². The summed E-state index contributed by atoms with van der Waals surface area (Å²) < 4.78 is 4.91. The molecule has 0 aliphatic carbocycles. The molecule has 1 aromatic rings. The highest BCUT2D eigenvalue weighted by Gasteiger charge is 2.12. The zero-order valence-corrected chi connectivity index (χ0v) is 7.77. The van der Waals surface area contributed by atoms with Crippen LogP contribution in [0.5, 0.6) is 0 Å². The van der Waals surface area contributed by atoms with Gasteiger partial charge in [-0.1, -0.05) is 0 Å². The zero-order chi connectivity index (χ0) is 10.7. The second-order valence-electron chi connectivity index (χ2n) is 2.69. The number of carboxylic acid groups (broad SMARTS) is 1. The van der Waals surface area contributed by atoms with Crippen LogP contribution >= 0.6 is 0 Å². The lowest BCUT2D eigenvalue weighted by Gasteiger charge is -2.07. The Kier molecular flexibility index (Phi) is 2.98. The second-order valence-corrected chi connectivity index (χ2v) is 2.69. The third-order valence-electron chi connectivity index (χ3n) is 1.79. The highest BCUT2D eigenvalue weighted by molar-refractivity contribution is 5.86. The van der Waals surface area contributed by atoms with Crippen molar-refractivity contribution in [2.75, 3.05) is 7.11 Å². The van der Waals surface area contributed by atoms with Crippen LogP contribution in [-0.4, -0.2) is 28.2 Å². The van der Waals surface area contributed by atoms with Crippen molar-refractivity contribution in [3.63, 3.8) is 0 Å². The van der Waals surface area contributed by atoms with Crippen LogP contribution in [0.1, 0.15) is 29.2 Å². The van der Waals surface area contributed by atoms with Gasteiger partial charge in [-0.05, 0) is 6.92 Å². The Morgan fingerprint density at radius 2 is 2.36 bits per heavy atom. The Hall–Kier alpha value is -1.69. The number of H-pyrrole nitrogens is 1. The van der Waals surface area contributed by atoms with Crippen molar-refractivity contribution >= 4 is 5.97 Å². The Morgan fingerprint density at radius 3 is 2.79 bits per heavy atom. The number of ether oxygens (including phenoxy) is 1. The van der Waals surface area contributed by atoms with Crippen molar-refractivity contribution in [2.45, 2.75) is 13.0 Å². The quantitative estimate of drug-likeness (QED) is 0.722. The van der Waals surface area contributed by atoms with Gasteiger partial charge in [0.2, 0.25) is 0 Å². The maximum atomic E-state index is 11.2. The van der Waals surface area contributed by atoms with Gasteiger partial charge < -0.3 is 14.8 Å². The normalized spacial score (nSPS) is 12.4. The number of methoxy groups -OCH3 is 1. The van der Waals surface area contributed by atoms with Crippen LogP contribution in [0.4, 0.5) is 0 Å². The predicted octanol–water partition coefficient (Wildman–Crippen LogP) is 0.175. The molecule has 0 saturated heterocycles. The summed E-state index contributed by atoms with van der Waals surface area (Å²) in [7, 11) is 1.47. The smallest absolute Gasteiger partial charge is 0.342 e. The zero-order valence-electron chi connectivity index (χ0n) is 7.77. The molecule has 0 amide bonds. The minimum Gasteiger partial charge on any atom is -0.477 e. The fraction of sp³-hybridized carbons (Fsp3) is 0.375. The van der Waals surface area contributed by atoms with Gasteiger partial charge in [0.25, 0.3) is 5.56 Å². The van der Waals surface area contributed by atoms with Crippen LogP contribution in [-0.2, 0) is 4.74 Å². The summed E-state index contributed by atoms with van der Waals surface area (Å²) in [5.41, 5.74) is -1.05. The van der Waals surface area contributed by atoms with Gasteiger partial charge in [-0.3, -0.25) is 4.79 Å². The lowest BCUT2D eigenvalue weighted by Crippen LogP contribution is -2.21. The first-order valence-electron chi connectivity index (χ1n) is 3.91. The third kappa shape index (κ3) is 1.97. The number of hydrogen-bond acceptors (Lipinski definition) is 4. The molecule has 0 aliphatic rings. The molecule has 76 valence electrons. The molecule has 2 N–H and O–H groups in total. The SMILES string of the molecule is COC(C)c1ncc(C(=O)O)c(=O)[nH]1.